The third kappa shape index (κ3) is 4.56. The van der Waals surface area contributed by atoms with Crippen LogP contribution in [0.3, 0.4) is 0 Å². The van der Waals surface area contributed by atoms with Gasteiger partial charge < -0.3 is 15.4 Å². The molecule has 5 nitrogen and oxygen atoms in total. The summed E-state index contributed by atoms with van der Waals surface area (Å²) in [6.07, 6.45) is 4.99. The van der Waals surface area contributed by atoms with Crippen molar-refractivity contribution in [3.8, 4) is 11.5 Å². The van der Waals surface area contributed by atoms with E-state index >= 15 is 0 Å². The third-order valence-corrected chi connectivity index (χ3v) is 4.67. The van der Waals surface area contributed by atoms with Gasteiger partial charge in [-0.15, -0.1) is 0 Å². The van der Waals surface area contributed by atoms with Gasteiger partial charge in [0.05, 0.1) is 5.69 Å². The second-order valence-electron chi connectivity index (χ2n) is 6.88. The average molecular weight is 360 g/mol. The Morgan fingerprint density at radius 3 is 2.48 bits per heavy atom. The van der Waals surface area contributed by atoms with Crippen LogP contribution in [0.2, 0.25) is 0 Å². The molecule has 27 heavy (non-hydrogen) atoms. The molecule has 0 unspecified atom stereocenters. The fourth-order valence-corrected chi connectivity index (χ4v) is 3.37. The van der Waals surface area contributed by atoms with Gasteiger partial charge in [-0.1, -0.05) is 43.2 Å². The highest BCUT2D eigenvalue weighted by molar-refractivity contribution is 5.64. The molecule has 0 saturated heterocycles. The zero-order valence-corrected chi connectivity index (χ0v) is 15.5. The summed E-state index contributed by atoms with van der Waals surface area (Å²) in [4.78, 5) is 9.19. The zero-order valence-electron chi connectivity index (χ0n) is 15.5. The Labute approximate surface area is 159 Å². The zero-order chi connectivity index (χ0) is 18.5. The Hall–Kier alpha value is -3.08. The van der Waals surface area contributed by atoms with E-state index in [2.05, 4.69) is 20.6 Å². The normalized spacial score (nSPS) is 14.1. The van der Waals surface area contributed by atoms with Gasteiger partial charge in [0.2, 0.25) is 5.95 Å². The van der Waals surface area contributed by atoms with Crippen LogP contribution >= 0.6 is 0 Å². The molecule has 1 fully saturated rings. The summed E-state index contributed by atoms with van der Waals surface area (Å²) in [6, 6.07) is 20.1. The number of rotatable bonds is 6. The molecule has 1 aromatic heterocycles. The molecule has 1 aliphatic carbocycles. The van der Waals surface area contributed by atoms with Gasteiger partial charge in [0.15, 0.2) is 5.75 Å². The molecule has 0 amide bonds. The summed E-state index contributed by atoms with van der Waals surface area (Å²) >= 11 is 0. The Balaban J connectivity index is 1.54. The molecule has 1 saturated carbocycles. The van der Waals surface area contributed by atoms with Gasteiger partial charge in [0, 0.05) is 17.8 Å². The monoisotopic (exact) mass is 360 g/mol. The Morgan fingerprint density at radius 2 is 1.67 bits per heavy atom. The van der Waals surface area contributed by atoms with Crippen molar-refractivity contribution in [1.29, 1.82) is 0 Å². The minimum atomic E-state index is 0.515. The van der Waals surface area contributed by atoms with Crippen molar-refractivity contribution < 1.29 is 4.74 Å². The van der Waals surface area contributed by atoms with E-state index in [1.54, 1.807) is 0 Å². The Kier molecular flexibility index (Phi) is 5.19. The first-order valence-corrected chi connectivity index (χ1v) is 9.47. The van der Waals surface area contributed by atoms with Crippen LogP contribution < -0.4 is 15.4 Å². The number of benzene rings is 2. The van der Waals surface area contributed by atoms with E-state index in [0.717, 1.165) is 28.7 Å². The van der Waals surface area contributed by atoms with E-state index in [4.69, 9.17) is 4.74 Å². The molecule has 0 radical (unpaired) electrons. The van der Waals surface area contributed by atoms with Gasteiger partial charge in [-0.3, -0.25) is 0 Å². The lowest BCUT2D eigenvalue weighted by Gasteiger charge is -2.15. The molecule has 138 valence electrons. The topological polar surface area (TPSA) is 59.1 Å². The van der Waals surface area contributed by atoms with Gasteiger partial charge in [0.25, 0.3) is 0 Å². The van der Waals surface area contributed by atoms with E-state index in [1.165, 1.54) is 25.7 Å². The first-order valence-electron chi connectivity index (χ1n) is 9.47. The summed E-state index contributed by atoms with van der Waals surface area (Å²) in [5.74, 6) is 2.97. The lowest BCUT2D eigenvalue weighted by atomic mass is 10.2. The van der Waals surface area contributed by atoms with Crippen molar-refractivity contribution in [2.75, 3.05) is 10.6 Å². The standard InChI is InChI=1S/C22H24N4O/c1-16-15-21(24-17-9-5-6-10-17)26-22(23-16)25-19-13-7-8-14-20(19)27-18-11-3-2-4-12-18/h2-4,7-8,11-15,17H,5-6,9-10H2,1H3,(H2,23,24,25,26). The van der Waals surface area contributed by atoms with Crippen LogP contribution in [0.5, 0.6) is 11.5 Å². The third-order valence-electron chi connectivity index (χ3n) is 4.67. The number of nitrogens with zero attached hydrogens (tertiary/aromatic N) is 2. The molecular weight excluding hydrogens is 336 g/mol. The number of ether oxygens (including phenoxy) is 1. The fraction of sp³-hybridized carbons (Fsp3) is 0.273. The predicted octanol–water partition coefficient (Wildman–Crippen LogP) is 5.68. The molecule has 3 aromatic rings. The van der Waals surface area contributed by atoms with Crippen LogP contribution in [-0.4, -0.2) is 16.0 Å². The van der Waals surface area contributed by atoms with Crippen molar-refractivity contribution in [2.24, 2.45) is 0 Å². The molecule has 2 aromatic carbocycles. The molecule has 1 aliphatic rings. The van der Waals surface area contributed by atoms with Crippen molar-refractivity contribution in [2.45, 2.75) is 38.6 Å². The first kappa shape index (κ1) is 17.3. The smallest absolute Gasteiger partial charge is 0.229 e. The van der Waals surface area contributed by atoms with E-state index in [9.17, 15) is 0 Å². The maximum absolute atomic E-state index is 6.02. The van der Waals surface area contributed by atoms with Crippen LogP contribution in [-0.2, 0) is 0 Å². The summed E-state index contributed by atoms with van der Waals surface area (Å²) in [6.45, 7) is 1.99. The van der Waals surface area contributed by atoms with E-state index in [0.29, 0.717) is 12.0 Å². The molecule has 2 N–H and O–H groups in total. The highest BCUT2D eigenvalue weighted by atomic mass is 16.5. The molecule has 0 aliphatic heterocycles. The number of anilines is 3. The van der Waals surface area contributed by atoms with E-state index in [1.807, 2.05) is 67.6 Å². The van der Waals surface area contributed by atoms with Crippen LogP contribution in [0, 0.1) is 6.92 Å². The second-order valence-corrected chi connectivity index (χ2v) is 6.88. The number of para-hydroxylation sites is 3. The maximum atomic E-state index is 6.02. The van der Waals surface area contributed by atoms with Crippen molar-refractivity contribution in [3.63, 3.8) is 0 Å². The number of aromatic nitrogens is 2. The summed E-state index contributed by atoms with van der Waals surface area (Å²) in [5, 5.41) is 6.85. The molecule has 1 heterocycles. The Bertz CT molecular complexity index is 892. The van der Waals surface area contributed by atoms with Crippen molar-refractivity contribution in [3.05, 3.63) is 66.4 Å². The predicted molar refractivity (Wildman–Crippen MR) is 109 cm³/mol. The molecule has 0 spiro atoms. The van der Waals surface area contributed by atoms with E-state index in [-0.39, 0.29) is 0 Å². The quantitative estimate of drug-likeness (QED) is 0.592. The number of hydrogen-bond donors (Lipinski definition) is 2. The first-order chi connectivity index (χ1) is 13.3. The van der Waals surface area contributed by atoms with Crippen molar-refractivity contribution in [1.82, 2.24) is 9.97 Å². The van der Waals surface area contributed by atoms with E-state index < -0.39 is 0 Å². The molecule has 0 atom stereocenters. The van der Waals surface area contributed by atoms with Crippen LogP contribution in [0.1, 0.15) is 31.4 Å². The van der Waals surface area contributed by atoms with Crippen LogP contribution in [0.25, 0.3) is 0 Å². The molecule has 0 bridgehead atoms. The highest BCUT2D eigenvalue weighted by Gasteiger charge is 2.16. The number of aryl methyl sites for hydroxylation is 1. The summed E-state index contributed by atoms with van der Waals surface area (Å²) in [5.41, 5.74) is 1.76. The number of nitrogens with one attached hydrogen (secondary N) is 2. The van der Waals surface area contributed by atoms with Gasteiger partial charge >= 0.3 is 0 Å². The lowest BCUT2D eigenvalue weighted by Crippen LogP contribution is -2.16. The molecule has 5 heteroatoms. The number of hydrogen-bond acceptors (Lipinski definition) is 5. The Morgan fingerprint density at radius 1 is 0.926 bits per heavy atom. The largest absolute Gasteiger partial charge is 0.455 e. The van der Waals surface area contributed by atoms with Gasteiger partial charge in [-0.2, -0.15) is 4.98 Å². The van der Waals surface area contributed by atoms with Crippen LogP contribution in [0.15, 0.2) is 60.7 Å². The fourth-order valence-electron chi connectivity index (χ4n) is 3.37. The SMILES string of the molecule is Cc1cc(NC2CCCC2)nc(Nc2ccccc2Oc2ccccc2)n1. The van der Waals surface area contributed by atoms with Crippen LogP contribution in [0.4, 0.5) is 17.5 Å². The minimum absolute atomic E-state index is 0.515. The van der Waals surface area contributed by atoms with Crippen molar-refractivity contribution >= 4 is 17.5 Å². The van der Waals surface area contributed by atoms with Gasteiger partial charge in [0.1, 0.15) is 11.6 Å². The lowest BCUT2D eigenvalue weighted by molar-refractivity contribution is 0.485. The molecule has 4 rings (SSSR count). The minimum Gasteiger partial charge on any atom is -0.455 e. The summed E-state index contributed by atoms with van der Waals surface area (Å²) < 4.78 is 6.02. The second kappa shape index (κ2) is 8.08. The summed E-state index contributed by atoms with van der Waals surface area (Å²) in [7, 11) is 0. The average Bonchev–Trinajstić information content (AvgIpc) is 3.17. The van der Waals surface area contributed by atoms with Gasteiger partial charge in [-0.05, 0) is 44.0 Å². The molecular formula is C22H24N4O. The highest BCUT2D eigenvalue weighted by Crippen LogP contribution is 2.31. The van der Waals surface area contributed by atoms with Gasteiger partial charge in [-0.25, -0.2) is 4.98 Å². The maximum Gasteiger partial charge on any atom is 0.229 e.